The van der Waals surface area contributed by atoms with Gasteiger partial charge < -0.3 is 10.1 Å². The first-order chi connectivity index (χ1) is 9.90. The fourth-order valence-corrected chi connectivity index (χ4v) is 2.26. The van der Waals surface area contributed by atoms with E-state index in [9.17, 15) is 0 Å². The Labute approximate surface area is 118 Å². The van der Waals surface area contributed by atoms with Crippen LogP contribution in [0.1, 0.15) is 5.56 Å². The molecule has 1 saturated heterocycles. The highest BCUT2D eigenvalue weighted by molar-refractivity contribution is 5.54. The van der Waals surface area contributed by atoms with Crippen molar-refractivity contribution in [3.63, 3.8) is 0 Å². The zero-order valence-electron chi connectivity index (χ0n) is 11.3. The Morgan fingerprint density at radius 1 is 1.10 bits per heavy atom. The van der Waals surface area contributed by atoms with Crippen LogP contribution in [0.4, 0.5) is 11.6 Å². The number of ether oxygens (including phenoxy) is 1. The predicted molar refractivity (Wildman–Crippen MR) is 77.9 cm³/mol. The lowest BCUT2D eigenvalue weighted by atomic mass is 10.2. The topological polar surface area (TPSA) is 50.3 Å². The van der Waals surface area contributed by atoms with E-state index in [2.05, 4.69) is 38.4 Å². The number of aromatic nitrogens is 2. The van der Waals surface area contributed by atoms with E-state index in [1.54, 1.807) is 18.5 Å². The highest BCUT2D eigenvalue weighted by Gasteiger charge is 2.10. The first-order valence-electron chi connectivity index (χ1n) is 6.83. The molecule has 5 heteroatoms. The van der Waals surface area contributed by atoms with Gasteiger partial charge in [-0.2, -0.15) is 0 Å². The summed E-state index contributed by atoms with van der Waals surface area (Å²) in [5.41, 5.74) is 2.30. The van der Waals surface area contributed by atoms with Gasteiger partial charge in [-0.05, 0) is 23.8 Å². The Hall–Kier alpha value is -1.98. The maximum absolute atomic E-state index is 5.37. The molecule has 2 heterocycles. The van der Waals surface area contributed by atoms with Gasteiger partial charge in [-0.1, -0.05) is 12.1 Å². The Kier molecular flexibility index (Phi) is 4.20. The molecule has 1 N–H and O–H groups in total. The van der Waals surface area contributed by atoms with Crippen LogP contribution < -0.4 is 5.32 Å². The van der Waals surface area contributed by atoms with E-state index in [1.165, 1.54) is 5.56 Å². The van der Waals surface area contributed by atoms with E-state index in [0.29, 0.717) is 5.95 Å². The van der Waals surface area contributed by atoms with Crippen LogP contribution in [0.5, 0.6) is 0 Å². The molecule has 1 aliphatic heterocycles. The molecule has 0 saturated carbocycles. The van der Waals surface area contributed by atoms with Gasteiger partial charge in [-0.25, -0.2) is 9.97 Å². The van der Waals surface area contributed by atoms with Crippen molar-refractivity contribution in [3.8, 4) is 0 Å². The third-order valence-electron chi connectivity index (χ3n) is 3.26. The van der Waals surface area contributed by atoms with Gasteiger partial charge >= 0.3 is 0 Å². The summed E-state index contributed by atoms with van der Waals surface area (Å²) in [5.74, 6) is 0.621. The molecule has 0 bridgehead atoms. The van der Waals surface area contributed by atoms with E-state index in [1.807, 2.05) is 6.07 Å². The average Bonchev–Trinajstić information content (AvgIpc) is 2.50. The van der Waals surface area contributed by atoms with Gasteiger partial charge in [0.15, 0.2) is 0 Å². The molecule has 1 fully saturated rings. The van der Waals surface area contributed by atoms with Crippen LogP contribution in [-0.2, 0) is 11.3 Å². The predicted octanol–water partition coefficient (Wildman–Crippen LogP) is 2.05. The van der Waals surface area contributed by atoms with Crippen LogP contribution in [0.15, 0.2) is 42.7 Å². The van der Waals surface area contributed by atoms with Crippen LogP contribution in [0, 0.1) is 0 Å². The lowest BCUT2D eigenvalue weighted by Crippen LogP contribution is -2.35. The fraction of sp³-hybridized carbons (Fsp3) is 0.333. The fourth-order valence-electron chi connectivity index (χ4n) is 2.26. The van der Waals surface area contributed by atoms with Crippen molar-refractivity contribution in [3.05, 3.63) is 48.3 Å². The summed E-state index contributed by atoms with van der Waals surface area (Å²) in [4.78, 5) is 10.7. The van der Waals surface area contributed by atoms with Crippen molar-refractivity contribution >= 4 is 11.6 Å². The van der Waals surface area contributed by atoms with E-state index < -0.39 is 0 Å². The summed E-state index contributed by atoms with van der Waals surface area (Å²) >= 11 is 0. The second kappa shape index (κ2) is 6.45. The minimum absolute atomic E-state index is 0.621. The molecule has 3 rings (SSSR count). The molecule has 0 unspecified atom stereocenters. The quantitative estimate of drug-likeness (QED) is 0.921. The molecule has 0 atom stereocenters. The van der Waals surface area contributed by atoms with Gasteiger partial charge in [0, 0.05) is 37.7 Å². The van der Waals surface area contributed by atoms with E-state index >= 15 is 0 Å². The largest absolute Gasteiger partial charge is 0.379 e. The maximum Gasteiger partial charge on any atom is 0.227 e. The normalized spacial score (nSPS) is 16.0. The molecular formula is C15H18N4O. The van der Waals surface area contributed by atoms with Gasteiger partial charge in [0.05, 0.1) is 13.2 Å². The summed E-state index contributed by atoms with van der Waals surface area (Å²) < 4.78 is 5.37. The van der Waals surface area contributed by atoms with Crippen LogP contribution in [0.3, 0.4) is 0 Å². The number of morpholine rings is 1. The number of nitrogens with zero attached hydrogens (tertiary/aromatic N) is 3. The van der Waals surface area contributed by atoms with E-state index in [-0.39, 0.29) is 0 Å². The van der Waals surface area contributed by atoms with Crippen LogP contribution >= 0.6 is 0 Å². The van der Waals surface area contributed by atoms with Crippen molar-refractivity contribution in [2.45, 2.75) is 6.54 Å². The maximum atomic E-state index is 5.37. The lowest BCUT2D eigenvalue weighted by Gasteiger charge is -2.26. The summed E-state index contributed by atoms with van der Waals surface area (Å²) in [7, 11) is 0. The monoisotopic (exact) mass is 270 g/mol. The number of anilines is 2. The van der Waals surface area contributed by atoms with E-state index in [0.717, 1.165) is 38.5 Å². The van der Waals surface area contributed by atoms with Crippen molar-refractivity contribution in [1.82, 2.24) is 14.9 Å². The molecule has 2 aromatic rings. The highest BCUT2D eigenvalue weighted by Crippen LogP contribution is 2.16. The van der Waals surface area contributed by atoms with Crippen molar-refractivity contribution < 1.29 is 4.74 Å². The van der Waals surface area contributed by atoms with Crippen LogP contribution in [-0.4, -0.2) is 41.2 Å². The smallest absolute Gasteiger partial charge is 0.227 e. The molecule has 1 aliphatic rings. The van der Waals surface area contributed by atoms with Crippen LogP contribution in [0.2, 0.25) is 0 Å². The number of hydrogen-bond acceptors (Lipinski definition) is 5. The number of nitrogens with one attached hydrogen (secondary N) is 1. The Morgan fingerprint density at radius 2 is 1.90 bits per heavy atom. The van der Waals surface area contributed by atoms with Crippen molar-refractivity contribution in [2.75, 3.05) is 31.6 Å². The SMILES string of the molecule is c1cnc(Nc2cccc(CN3CCOCC3)c2)nc1. The molecule has 0 aliphatic carbocycles. The molecular weight excluding hydrogens is 252 g/mol. The number of benzene rings is 1. The zero-order valence-corrected chi connectivity index (χ0v) is 11.3. The zero-order chi connectivity index (χ0) is 13.6. The molecule has 1 aromatic heterocycles. The molecule has 0 radical (unpaired) electrons. The minimum Gasteiger partial charge on any atom is -0.379 e. The minimum atomic E-state index is 0.621. The molecule has 0 amide bonds. The summed E-state index contributed by atoms with van der Waals surface area (Å²) in [6, 6.07) is 10.2. The van der Waals surface area contributed by atoms with Gasteiger partial charge in [-0.3, -0.25) is 4.90 Å². The molecule has 20 heavy (non-hydrogen) atoms. The molecule has 104 valence electrons. The molecule has 0 spiro atoms. The standard InChI is InChI=1S/C15H18N4O/c1-3-13(12-19-7-9-20-10-8-19)11-14(4-1)18-15-16-5-2-6-17-15/h1-6,11H,7-10,12H2,(H,16,17,18). The van der Waals surface area contributed by atoms with Gasteiger partial charge in [0.2, 0.25) is 5.95 Å². The summed E-state index contributed by atoms with van der Waals surface area (Å²) in [6.45, 7) is 4.61. The number of hydrogen-bond donors (Lipinski definition) is 1. The van der Waals surface area contributed by atoms with Gasteiger partial charge in [0.1, 0.15) is 0 Å². The Balaban J connectivity index is 1.66. The second-order valence-corrected chi connectivity index (χ2v) is 4.79. The third-order valence-corrected chi connectivity index (χ3v) is 3.26. The average molecular weight is 270 g/mol. The first kappa shape index (κ1) is 13.0. The Morgan fingerprint density at radius 3 is 2.70 bits per heavy atom. The highest BCUT2D eigenvalue weighted by atomic mass is 16.5. The van der Waals surface area contributed by atoms with Crippen LogP contribution in [0.25, 0.3) is 0 Å². The second-order valence-electron chi connectivity index (χ2n) is 4.79. The number of rotatable bonds is 4. The summed E-state index contributed by atoms with van der Waals surface area (Å²) in [5, 5.41) is 3.22. The van der Waals surface area contributed by atoms with E-state index in [4.69, 9.17) is 4.74 Å². The van der Waals surface area contributed by atoms with Gasteiger partial charge in [-0.15, -0.1) is 0 Å². The van der Waals surface area contributed by atoms with Gasteiger partial charge in [0.25, 0.3) is 0 Å². The molecule has 5 nitrogen and oxygen atoms in total. The molecule has 1 aromatic carbocycles. The Bertz CT molecular complexity index is 541. The lowest BCUT2D eigenvalue weighted by molar-refractivity contribution is 0.0342. The van der Waals surface area contributed by atoms with Crippen molar-refractivity contribution in [2.24, 2.45) is 0 Å². The van der Waals surface area contributed by atoms with Crippen molar-refractivity contribution in [1.29, 1.82) is 0 Å². The summed E-state index contributed by atoms with van der Waals surface area (Å²) in [6.07, 6.45) is 3.46. The third kappa shape index (κ3) is 3.53. The first-order valence-corrected chi connectivity index (χ1v) is 6.83.